The van der Waals surface area contributed by atoms with Gasteiger partial charge < -0.3 is 15.9 Å². The van der Waals surface area contributed by atoms with Crippen LogP contribution in [0, 0.1) is 0 Å². The fourth-order valence-corrected chi connectivity index (χ4v) is 9.58. The highest BCUT2D eigenvalue weighted by Crippen LogP contribution is 2.39. The maximum absolute atomic E-state index is 7.39. The maximum atomic E-state index is 7.39. The van der Waals surface area contributed by atoms with Crippen LogP contribution in [0.15, 0.2) is 217 Å². The molecule has 12 aromatic rings. The third-order valence-corrected chi connectivity index (χ3v) is 12.6. The van der Waals surface area contributed by atoms with Crippen LogP contribution in [0.3, 0.4) is 0 Å². The Bertz CT molecular complexity index is 3870. The largest absolute Gasteiger partial charge is 0.455 e. The second-order valence-corrected chi connectivity index (χ2v) is 16.1. The van der Waals surface area contributed by atoms with Gasteiger partial charge in [-0.05, 0) is 79.2 Å². The molecule has 10 aromatic carbocycles. The molecule has 0 atom stereocenters. The van der Waals surface area contributed by atoms with E-state index in [2.05, 4.69) is 193 Å². The van der Waals surface area contributed by atoms with Crippen molar-refractivity contribution in [1.82, 2.24) is 4.57 Å². The third-order valence-electron chi connectivity index (χ3n) is 12.6. The Morgan fingerprint density at radius 3 is 1.71 bits per heavy atom. The Balaban J connectivity index is 0.995. The van der Waals surface area contributed by atoms with Crippen LogP contribution in [0.25, 0.3) is 110 Å². The Labute approximate surface area is 357 Å². The molecule has 0 amide bonds. The topological polar surface area (TPSA) is 70.1 Å². The van der Waals surface area contributed by atoms with Crippen LogP contribution in [0.5, 0.6) is 0 Å². The summed E-state index contributed by atoms with van der Waals surface area (Å²) in [5, 5.41) is 11.0. The van der Waals surface area contributed by atoms with Crippen LogP contribution in [0.4, 0.5) is 0 Å². The van der Waals surface area contributed by atoms with E-state index in [1.54, 1.807) is 0 Å². The van der Waals surface area contributed by atoms with Crippen molar-refractivity contribution in [2.45, 2.75) is 0 Å². The summed E-state index contributed by atoms with van der Waals surface area (Å²) in [5.41, 5.74) is 26.8. The van der Waals surface area contributed by atoms with Crippen LogP contribution < -0.4 is 21.9 Å². The average molecular weight is 794 g/mol. The molecule has 0 aliphatic heterocycles. The molecule has 0 unspecified atom stereocenters. The number of benzene rings is 10. The molecule has 2 heterocycles. The quantitative estimate of drug-likeness (QED) is 0.182. The molecule has 0 aliphatic rings. The van der Waals surface area contributed by atoms with Gasteiger partial charge in [-0.1, -0.05) is 188 Å². The molecule has 62 heavy (non-hydrogen) atoms. The minimum atomic E-state index is 0.614. The zero-order chi connectivity index (χ0) is 41.3. The van der Waals surface area contributed by atoms with Crippen molar-refractivity contribution in [2.75, 3.05) is 0 Å². The van der Waals surface area contributed by atoms with Crippen LogP contribution in [0.2, 0.25) is 0 Å². The number of rotatable bonds is 5. The molecule has 0 bridgehead atoms. The number of aromatic nitrogens is 1. The van der Waals surface area contributed by atoms with Gasteiger partial charge in [0.2, 0.25) is 0 Å². The van der Waals surface area contributed by atoms with Crippen molar-refractivity contribution in [3.8, 4) is 33.4 Å². The number of hydrogen-bond donors (Lipinski definition) is 2. The van der Waals surface area contributed by atoms with Gasteiger partial charge in [-0.15, -0.1) is 0 Å². The van der Waals surface area contributed by atoms with E-state index in [4.69, 9.17) is 15.9 Å². The number of furan rings is 1. The van der Waals surface area contributed by atoms with Gasteiger partial charge in [0.25, 0.3) is 0 Å². The van der Waals surface area contributed by atoms with Gasteiger partial charge in [0.05, 0.1) is 11.0 Å². The molecule has 0 radical (unpaired) electrons. The summed E-state index contributed by atoms with van der Waals surface area (Å²) in [7, 11) is 0. The molecule has 4 nitrogen and oxygen atoms in total. The van der Waals surface area contributed by atoms with Gasteiger partial charge in [-0.3, -0.25) is 4.57 Å². The number of para-hydroxylation sites is 3. The summed E-state index contributed by atoms with van der Waals surface area (Å²) in [6.45, 7) is 0. The zero-order valence-electron chi connectivity index (χ0n) is 33.7. The Hall–Kier alpha value is -8.34. The highest BCUT2D eigenvalue weighted by atomic mass is 16.3. The van der Waals surface area contributed by atoms with Crippen molar-refractivity contribution in [3.63, 3.8) is 0 Å². The molecular formula is C58H39N3O. The van der Waals surface area contributed by atoms with E-state index in [9.17, 15) is 0 Å². The predicted octanol–water partition coefficient (Wildman–Crippen LogP) is 12.7. The normalized spacial score (nSPS) is 12.8. The summed E-state index contributed by atoms with van der Waals surface area (Å²) in [4.78, 5) is 0. The molecule has 0 aliphatic carbocycles. The Kier molecular flexibility index (Phi) is 8.12. The first-order valence-electron chi connectivity index (χ1n) is 21.0. The zero-order valence-corrected chi connectivity index (χ0v) is 33.7. The molecule has 292 valence electrons. The second-order valence-electron chi connectivity index (χ2n) is 16.1. The molecule has 12 rings (SSSR count). The number of nitrogens with zero attached hydrogens (tertiary/aromatic N) is 1. The third kappa shape index (κ3) is 5.62. The van der Waals surface area contributed by atoms with Crippen LogP contribution in [0.1, 0.15) is 5.56 Å². The van der Waals surface area contributed by atoms with Crippen molar-refractivity contribution < 1.29 is 4.42 Å². The fraction of sp³-hybridized carbons (Fsp3) is 0. The lowest BCUT2D eigenvalue weighted by atomic mass is 9.95. The highest BCUT2D eigenvalue weighted by molar-refractivity contribution is 6.16. The summed E-state index contributed by atoms with van der Waals surface area (Å²) < 4.78 is 8.59. The lowest BCUT2D eigenvalue weighted by Crippen LogP contribution is -2.35. The van der Waals surface area contributed by atoms with Gasteiger partial charge >= 0.3 is 0 Å². The molecule has 2 aromatic heterocycles. The monoisotopic (exact) mass is 793 g/mol. The molecule has 0 spiro atoms. The van der Waals surface area contributed by atoms with Crippen LogP contribution >= 0.6 is 0 Å². The standard InChI is InChI=1S/C58H39N3O/c59-56(40-32-30-37(31-33-40)43-20-9-13-36-12-1-2-15-42(36)43)48-18-3-4-19-50(48)58(60)61-53-24-7-5-16-46(53)52-34-41-14-10-21-44(51(41)35-54(52)61)38-26-28-39(29-27-38)45-22-11-23-49-47-17-6-8-25-55(47)62-57(45)49/h1-35H,59-60H2/b56-48-,58-50+. The smallest absolute Gasteiger partial charge is 0.143 e. The van der Waals surface area contributed by atoms with Crippen molar-refractivity contribution >= 4 is 76.8 Å². The van der Waals surface area contributed by atoms with Crippen LogP contribution in [-0.4, -0.2) is 4.57 Å². The summed E-state index contributed by atoms with van der Waals surface area (Å²) in [6.07, 6.45) is 0. The summed E-state index contributed by atoms with van der Waals surface area (Å²) >= 11 is 0. The summed E-state index contributed by atoms with van der Waals surface area (Å²) in [5.74, 6) is 0.614. The first-order chi connectivity index (χ1) is 30.6. The van der Waals surface area contributed by atoms with E-state index < -0.39 is 0 Å². The number of nitrogens with two attached hydrogens (primary N) is 2. The van der Waals surface area contributed by atoms with Gasteiger partial charge in [-0.2, -0.15) is 0 Å². The van der Waals surface area contributed by atoms with Crippen LogP contribution in [-0.2, 0) is 0 Å². The van der Waals surface area contributed by atoms with Crippen molar-refractivity contribution in [3.05, 3.63) is 228 Å². The maximum Gasteiger partial charge on any atom is 0.143 e. The Morgan fingerprint density at radius 2 is 0.919 bits per heavy atom. The van der Waals surface area contributed by atoms with Gasteiger partial charge in [0.15, 0.2) is 0 Å². The molecular weight excluding hydrogens is 755 g/mol. The predicted molar refractivity (Wildman–Crippen MR) is 260 cm³/mol. The Morgan fingerprint density at radius 1 is 0.371 bits per heavy atom. The van der Waals surface area contributed by atoms with Crippen molar-refractivity contribution in [2.24, 2.45) is 11.5 Å². The molecule has 0 saturated carbocycles. The highest BCUT2D eigenvalue weighted by Gasteiger charge is 2.17. The second kappa shape index (κ2) is 14.1. The number of hydrogen-bond acceptors (Lipinski definition) is 3. The van der Waals surface area contributed by atoms with Gasteiger partial charge in [0.1, 0.15) is 17.0 Å². The lowest BCUT2D eigenvalue weighted by Gasteiger charge is -2.12. The van der Waals surface area contributed by atoms with E-state index in [1.807, 2.05) is 24.3 Å². The fourth-order valence-electron chi connectivity index (χ4n) is 9.58. The van der Waals surface area contributed by atoms with E-state index in [1.165, 1.54) is 16.3 Å². The first-order valence-corrected chi connectivity index (χ1v) is 21.0. The minimum absolute atomic E-state index is 0.614. The van der Waals surface area contributed by atoms with E-state index >= 15 is 0 Å². The van der Waals surface area contributed by atoms with Gasteiger partial charge in [-0.25, -0.2) is 0 Å². The SMILES string of the molecule is N/C(c1ccc(-c2cccc3ccccc23)cc1)=c1/cccc/c1=C(/N)n1c2ccccc2c2cc3cccc(-c4ccc(-c5cccc6c5oc5ccccc56)cc4)c3cc21. The van der Waals surface area contributed by atoms with E-state index in [-0.39, 0.29) is 0 Å². The van der Waals surface area contributed by atoms with E-state index in [0.717, 1.165) is 98.3 Å². The first kappa shape index (κ1) is 35.6. The van der Waals surface area contributed by atoms with E-state index in [0.29, 0.717) is 11.5 Å². The lowest BCUT2D eigenvalue weighted by molar-refractivity contribution is 0.670. The number of fused-ring (bicyclic) bond motifs is 8. The van der Waals surface area contributed by atoms with Crippen molar-refractivity contribution in [1.29, 1.82) is 0 Å². The average Bonchev–Trinajstić information content (AvgIpc) is 3.88. The minimum Gasteiger partial charge on any atom is -0.455 e. The molecule has 0 saturated heterocycles. The molecule has 0 fully saturated rings. The van der Waals surface area contributed by atoms with Gasteiger partial charge in [0, 0.05) is 43.2 Å². The molecule has 4 N–H and O–H groups in total. The molecule has 4 heteroatoms. The summed E-state index contributed by atoms with van der Waals surface area (Å²) in [6, 6.07) is 74.8.